The summed E-state index contributed by atoms with van der Waals surface area (Å²) in [7, 11) is 0. The van der Waals surface area contributed by atoms with Gasteiger partial charge in [-0.25, -0.2) is 4.98 Å². The largest absolute Gasteiger partial charge is 0.462 e. The predicted molar refractivity (Wildman–Crippen MR) is 85.1 cm³/mol. The van der Waals surface area contributed by atoms with Crippen LogP contribution in [0.25, 0.3) is 11.0 Å². The molecule has 0 atom stereocenters. The van der Waals surface area contributed by atoms with Gasteiger partial charge >= 0.3 is 0 Å². The highest BCUT2D eigenvalue weighted by Crippen LogP contribution is 2.31. The standard InChI is InChI=1S/C15H10ClN3O2S/c1-8-2-3-11-9(7-21-14(11)13(8)16)4-12(20)19-15-18-6-10(5-17)22-15/h2-3,6-7H,4H2,1H3,(H,18,19,20). The number of halogens is 1. The molecule has 7 heteroatoms. The first-order chi connectivity index (χ1) is 10.6. The topological polar surface area (TPSA) is 78.9 Å². The smallest absolute Gasteiger partial charge is 0.230 e. The molecule has 2 heterocycles. The summed E-state index contributed by atoms with van der Waals surface area (Å²) < 4.78 is 5.47. The molecule has 1 aromatic carbocycles. The molecule has 0 unspecified atom stereocenters. The lowest BCUT2D eigenvalue weighted by atomic mass is 10.1. The number of fused-ring (bicyclic) bond motifs is 1. The molecule has 22 heavy (non-hydrogen) atoms. The van der Waals surface area contributed by atoms with Crippen molar-refractivity contribution >= 4 is 44.9 Å². The van der Waals surface area contributed by atoms with Crippen LogP contribution in [0.2, 0.25) is 5.02 Å². The first-order valence-corrected chi connectivity index (χ1v) is 7.59. The van der Waals surface area contributed by atoms with Crippen molar-refractivity contribution in [3.8, 4) is 6.07 Å². The lowest BCUT2D eigenvalue weighted by Gasteiger charge is -2.01. The van der Waals surface area contributed by atoms with Gasteiger partial charge in [-0.1, -0.05) is 35.1 Å². The normalized spacial score (nSPS) is 10.6. The number of hydrogen-bond acceptors (Lipinski definition) is 5. The highest BCUT2D eigenvalue weighted by Gasteiger charge is 2.14. The van der Waals surface area contributed by atoms with Crippen molar-refractivity contribution in [3.63, 3.8) is 0 Å². The SMILES string of the molecule is Cc1ccc2c(CC(=O)Nc3ncc(C#N)s3)coc2c1Cl. The number of aryl methyl sites for hydroxylation is 1. The average molecular weight is 332 g/mol. The number of hydrogen-bond donors (Lipinski definition) is 1. The fraction of sp³-hybridized carbons (Fsp3) is 0.133. The quantitative estimate of drug-likeness (QED) is 0.789. The molecule has 3 rings (SSSR count). The van der Waals surface area contributed by atoms with Gasteiger partial charge in [-0.2, -0.15) is 5.26 Å². The Morgan fingerprint density at radius 3 is 3.09 bits per heavy atom. The molecule has 0 aliphatic heterocycles. The van der Waals surface area contributed by atoms with Crippen molar-refractivity contribution in [1.29, 1.82) is 5.26 Å². The molecule has 0 spiro atoms. The zero-order chi connectivity index (χ0) is 15.7. The second-order valence-corrected chi connectivity index (χ2v) is 6.11. The Labute approximate surface area is 135 Å². The van der Waals surface area contributed by atoms with E-state index in [0.29, 0.717) is 20.6 Å². The van der Waals surface area contributed by atoms with Crippen molar-refractivity contribution in [2.45, 2.75) is 13.3 Å². The van der Waals surface area contributed by atoms with Gasteiger partial charge in [0, 0.05) is 10.9 Å². The van der Waals surface area contributed by atoms with E-state index in [1.165, 1.54) is 12.5 Å². The maximum atomic E-state index is 12.1. The van der Waals surface area contributed by atoms with Gasteiger partial charge in [0.15, 0.2) is 10.7 Å². The number of amides is 1. The van der Waals surface area contributed by atoms with Crippen molar-refractivity contribution in [3.05, 3.63) is 45.6 Å². The van der Waals surface area contributed by atoms with E-state index >= 15 is 0 Å². The molecule has 110 valence electrons. The van der Waals surface area contributed by atoms with Crippen LogP contribution in [-0.2, 0) is 11.2 Å². The van der Waals surface area contributed by atoms with Gasteiger partial charge in [0.05, 0.1) is 23.9 Å². The lowest BCUT2D eigenvalue weighted by molar-refractivity contribution is -0.115. The summed E-state index contributed by atoms with van der Waals surface area (Å²) in [5.41, 5.74) is 2.27. The molecule has 1 N–H and O–H groups in total. The summed E-state index contributed by atoms with van der Waals surface area (Å²) >= 11 is 7.32. The number of carbonyl (C=O) groups excluding carboxylic acids is 1. The third kappa shape index (κ3) is 2.69. The van der Waals surface area contributed by atoms with Gasteiger partial charge in [-0.15, -0.1) is 0 Å². The minimum atomic E-state index is -0.224. The minimum Gasteiger partial charge on any atom is -0.462 e. The van der Waals surface area contributed by atoms with E-state index in [4.69, 9.17) is 21.3 Å². The monoisotopic (exact) mass is 331 g/mol. The molecule has 0 fully saturated rings. The zero-order valence-electron chi connectivity index (χ0n) is 11.5. The maximum absolute atomic E-state index is 12.1. The summed E-state index contributed by atoms with van der Waals surface area (Å²) in [6, 6.07) is 5.76. The van der Waals surface area contributed by atoms with E-state index < -0.39 is 0 Å². The molecule has 0 bridgehead atoms. The van der Waals surface area contributed by atoms with Crippen LogP contribution in [0.5, 0.6) is 0 Å². The molecule has 0 radical (unpaired) electrons. The van der Waals surface area contributed by atoms with Crippen LogP contribution >= 0.6 is 22.9 Å². The summed E-state index contributed by atoms with van der Waals surface area (Å²) in [5.74, 6) is -0.224. The Bertz CT molecular complexity index is 907. The molecule has 1 amide bonds. The molecule has 5 nitrogen and oxygen atoms in total. The van der Waals surface area contributed by atoms with Crippen LogP contribution in [0.1, 0.15) is 16.0 Å². The highest BCUT2D eigenvalue weighted by molar-refractivity contribution is 7.16. The fourth-order valence-electron chi connectivity index (χ4n) is 2.07. The third-order valence-corrected chi connectivity index (χ3v) is 4.46. The lowest BCUT2D eigenvalue weighted by Crippen LogP contribution is -2.13. The first-order valence-electron chi connectivity index (χ1n) is 6.39. The van der Waals surface area contributed by atoms with E-state index in [1.807, 2.05) is 25.1 Å². The van der Waals surface area contributed by atoms with Crippen LogP contribution in [0.3, 0.4) is 0 Å². The molecule has 0 saturated carbocycles. The molecule has 0 aliphatic rings. The number of nitrogens with zero attached hydrogens (tertiary/aromatic N) is 2. The van der Waals surface area contributed by atoms with Crippen LogP contribution in [0, 0.1) is 18.3 Å². The summed E-state index contributed by atoms with van der Waals surface area (Å²) in [6.07, 6.45) is 3.11. The van der Waals surface area contributed by atoms with Crippen LogP contribution in [0.15, 0.2) is 29.0 Å². The van der Waals surface area contributed by atoms with E-state index in [2.05, 4.69) is 10.3 Å². The number of nitriles is 1. The van der Waals surface area contributed by atoms with E-state index in [-0.39, 0.29) is 12.3 Å². The van der Waals surface area contributed by atoms with E-state index in [1.54, 1.807) is 0 Å². The fourth-order valence-corrected chi connectivity index (χ4v) is 2.91. The second-order valence-electron chi connectivity index (χ2n) is 4.70. The second kappa shape index (κ2) is 5.79. The van der Waals surface area contributed by atoms with Crippen molar-refractivity contribution in [1.82, 2.24) is 4.98 Å². The van der Waals surface area contributed by atoms with Gasteiger partial charge in [-0.05, 0) is 12.5 Å². The average Bonchev–Trinajstić information content (AvgIpc) is 3.10. The van der Waals surface area contributed by atoms with E-state index in [9.17, 15) is 4.79 Å². The van der Waals surface area contributed by atoms with Gasteiger partial charge in [-0.3, -0.25) is 4.79 Å². The number of carbonyl (C=O) groups is 1. The Morgan fingerprint density at radius 2 is 2.36 bits per heavy atom. The van der Waals surface area contributed by atoms with Gasteiger partial charge in [0.1, 0.15) is 10.9 Å². The number of rotatable bonds is 3. The van der Waals surface area contributed by atoms with Crippen molar-refractivity contribution < 1.29 is 9.21 Å². The third-order valence-electron chi connectivity index (χ3n) is 3.17. The number of benzene rings is 1. The Hall–Kier alpha value is -2.36. The minimum absolute atomic E-state index is 0.147. The number of furan rings is 1. The summed E-state index contributed by atoms with van der Waals surface area (Å²) in [5, 5.41) is 13.2. The van der Waals surface area contributed by atoms with Crippen LogP contribution in [0.4, 0.5) is 5.13 Å². The molecule has 0 aliphatic carbocycles. The van der Waals surface area contributed by atoms with E-state index in [0.717, 1.165) is 27.8 Å². The summed E-state index contributed by atoms with van der Waals surface area (Å²) in [6.45, 7) is 1.89. The van der Waals surface area contributed by atoms with Gasteiger partial charge in [0.25, 0.3) is 0 Å². The number of anilines is 1. The number of thiazole rings is 1. The predicted octanol–water partition coefficient (Wildman–Crippen LogP) is 3.90. The van der Waals surface area contributed by atoms with Crippen molar-refractivity contribution in [2.75, 3.05) is 5.32 Å². The van der Waals surface area contributed by atoms with Gasteiger partial charge < -0.3 is 9.73 Å². The Morgan fingerprint density at radius 1 is 1.55 bits per heavy atom. The number of nitrogens with one attached hydrogen (secondary N) is 1. The number of aromatic nitrogens is 1. The molecule has 0 saturated heterocycles. The van der Waals surface area contributed by atoms with Gasteiger partial charge in [0.2, 0.25) is 5.91 Å². The molecular weight excluding hydrogens is 322 g/mol. The summed E-state index contributed by atoms with van der Waals surface area (Å²) in [4.78, 5) is 16.5. The Kier molecular flexibility index (Phi) is 3.84. The molecule has 3 aromatic rings. The zero-order valence-corrected chi connectivity index (χ0v) is 13.1. The molecule has 2 aromatic heterocycles. The first kappa shape index (κ1) is 14.6. The van der Waals surface area contributed by atoms with Crippen LogP contribution in [-0.4, -0.2) is 10.9 Å². The highest BCUT2D eigenvalue weighted by atomic mass is 35.5. The van der Waals surface area contributed by atoms with Crippen molar-refractivity contribution in [2.24, 2.45) is 0 Å². The maximum Gasteiger partial charge on any atom is 0.230 e. The molecular formula is C15H10ClN3O2S. The Balaban J connectivity index is 1.80. The van der Waals surface area contributed by atoms with Crippen LogP contribution < -0.4 is 5.32 Å².